The summed E-state index contributed by atoms with van der Waals surface area (Å²) < 4.78 is 48.3. The fourth-order valence-corrected chi connectivity index (χ4v) is 7.01. The molecule has 3 aliphatic heterocycles. The third kappa shape index (κ3) is 7.03. The van der Waals surface area contributed by atoms with Crippen LogP contribution in [0.4, 0.5) is 30.6 Å². The van der Waals surface area contributed by atoms with Crippen molar-refractivity contribution in [2.75, 3.05) is 60.6 Å². The van der Waals surface area contributed by atoms with Gasteiger partial charge in [-0.1, -0.05) is 6.07 Å². The Morgan fingerprint density at radius 1 is 1.00 bits per heavy atom. The van der Waals surface area contributed by atoms with Gasteiger partial charge < -0.3 is 34.6 Å². The van der Waals surface area contributed by atoms with Gasteiger partial charge in [0.2, 0.25) is 0 Å². The van der Waals surface area contributed by atoms with E-state index in [9.17, 15) is 13.6 Å². The zero-order chi connectivity index (χ0) is 35.7. The number of nitrogens with two attached hydrogens (primary N) is 1. The molecule has 3 fully saturated rings. The molecule has 7 rings (SSSR count). The highest BCUT2D eigenvalue weighted by Gasteiger charge is 2.46. The van der Waals surface area contributed by atoms with E-state index in [2.05, 4.69) is 19.9 Å². The highest BCUT2D eigenvalue weighted by molar-refractivity contribution is 6.01. The van der Waals surface area contributed by atoms with E-state index in [1.54, 1.807) is 9.80 Å². The number of hydrogen-bond donors (Lipinski definition) is 2. The van der Waals surface area contributed by atoms with Gasteiger partial charge in [0.25, 0.3) is 0 Å². The van der Waals surface area contributed by atoms with Crippen LogP contribution in [0.25, 0.3) is 0 Å². The molecule has 3 aromatic carbocycles. The Labute approximate surface area is 294 Å². The van der Waals surface area contributed by atoms with Crippen molar-refractivity contribution < 1.29 is 27.8 Å². The molecular weight excluding hydrogens is 660 g/mol. The smallest absolute Gasteiger partial charge is 0.325 e. The average Bonchev–Trinajstić information content (AvgIpc) is 3.87. The molecule has 0 aliphatic carbocycles. The molecule has 13 nitrogen and oxygen atoms in total. The number of urea groups is 1. The van der Waals surface area contributed by atoms with Gasteiger partial charge >= 0.3 is 6.03 Å². The molecule has 51 heavy (non-hydrogen) atoms. The first kappa shape index (κ1) is 34.2. The van der Waals surface area contributed by atoms with E-state index in [4.69, 9.17) is 25.4 Å². The van der Waals surface area contributed by atoms with Gasteiger partial charge in [-0.15, -0.1) is 0 Å². The molecule has 3 saturated heterocycles. The predicted molar refractivity (Wildman–Crippen MR) is 187 cm³/mol. The minimum atomic E-state index is -1.24. The van der Waals surface area contributed by atoms with Crippen LogP contribution in [0.15, 0.2) is 79.4 Å². The Morgan fingerprint density at radius 2 is 1.65 bits per heavy atom. The first-order valence-corrected chi connectivity index (χ1v) is 16.9. The lowest BCUT2D eigenvalue weighted by atomic mass is 9.94. The lowest BCUT2D eigenvalue weighted by Gasteiger charge is -2.37. The number of rotatable bonds is 11. The zero-order valence-electron chi connectivity index (χ0n) is 28.5. The van der Waals surface area contributed by atoms with E-state index < -0.39 is 29.6 Å². The number of piperazine rings is 1. The topological polar surface area (TPSA) is 138 Å². The Hall–Kier alpha value is -5.28. The minimum absolute atomic E-state index is 0.00476. The number of halogens is 2. The van der Waals surface area contributed by atoms with Gasteiger partial charge in [0.1, 0.15) is 54.1 Å². The Balaban J connectivity index is 0.917. The van der Waals surface area contributed by atoms with Crippen LogP contribution >= 0.6 is 0 Å². The number of aromatic nitrogens is 3. The van der Waals surface area contributed by atoms with E-state index in [1.165, 1.54) is 29.5 Å². The van der Waals surface area contributed by atoms with Crippen LogP contribution < -0.4 is 25.2 Å². The van der Waals surface area contributed by atoms with Gasteiger partial charge in [0.15, 0.2) is 6.29 Å². The van der Waals surface area contributed by atoms with Crippen LogP contribution in [0, 0.1) is 17.0 Å². The molecule has 0 radical (unpaired) electrons. The first-order valence-electron chi connectivity index (χ1n) is 16.9. The summed E-state index contributed by atoms with van der Waals surface area (Å²) in [5.74, 6) is -0.778. The van der Waals surface area contributed by atoms with Gasteiger partial charge in [-0.3, -0.25) is 10.3 Å². The highest BCUT2D eigenvalue weighted by atomic mass is 19.1. The lowest BCUT2D eigenvalue weighted by Crippen LogP contribution is -2.46. The Morgan fingerprint density at radius 3 is 2.22 bits per heavy atom. The maximum absolute atomic E-state index is 14.9. The van der Waals surface area contributed by atoms with Crippen molar-refractivity contribution >= 4 is 28.9 Å². The number of hydrogen-bond acceptors (Lipinski definition) is 9. The van der Waals surface area contributed by atoms with Crippen molar-refractivity contribution in [2.45, 2.75) is 44.4 Å². The second-order valence-electron chi connectivity index (χ2n) is 13.2. The van der Waals surface area contributed by atoms with E-state index in [-0.39, 0.29) is 43.2 Å². The molecule has 0 bridgehead atoms. The molecule has 0 saturated carbocycles. The van der Waals surface area contributed by atoms with Gasteiger partial charge in [0, 0.05) is 60.9 Å². The lowest BCUT2D eigenvalue weighted by molar-refractivity contribution is -0.117. The second-order valence-corrected chi connectivity index (χ2v) is 13.2. The molecule has 4 aromatic rings. The maximum Gasteiger partial charge on any atom is 0.325 e. The molecule has 3 N–H and O–H groups in total. The summed E-state index contributed by atoms with van der Waals surface area (Å²) in [6.07, 6.45) is 2.09. The van der Waals surface area contributed by atoms with Crippen molar-refractivity contribution in [3.05, 3.63) is 96.6 Å². The summed E-state index contributed by atoms with van der Waals surface area (Å²) in [6.45, 7) is 7.75. The quantitative estimate of drug-likeness (QED) is 0.174. The third-order valence-corrected chi connectivity index (χ3v) is 9.62. The Kier molecular flexibility index (Phi) is 9.48. The number of anilines is 3. The van der Waals surface area contributed by atoms with E-state index in [0.717, 1.165) is 49.3 Å². The largest absolute Gasteiger partial charge is 0.488 e. The molecule has 1 unspecified atom stereocenters. The molecule has 1 aromatic heterocycles. The van der Waals surface area contributed by atoms with Gasteiger partial charge in [0.05, 0.1) is 19.7 Å². The van der Waals surface area contributed by atoms with Crippen molar-refractivity contribution in [3.63, 3.8) is 0 Å². The van der Waals surface area contributed by atoms with Crippen LogP contribution in [-0.4, -0.2) is 95.8 Å². The molecule has 268 valence electrons. The van der Waals surface area contributed by atoms with E-state index >= 15 is 0 Å². The van der Waals surface area contributed by atoms with Crippen LogP contribution in [-0.2, 0) is 21.6 Å². The second kappa shape index (κ2) is 14.2. The summed E-state index contributed by atoms with van der Waals surface area (Å²) in [5, 5.41) is 12.1. The fourth-order valence-electron chi connectivity index (χ4n) is 7.01. The van der Waals surface area contributed by atoms with Crippen molar-refractivity contribution in [3.8, 4) is 5.75 Å². The van der Waals surface area contributed by atoms with Crippen molar-refractivity contribution in [2.24, 2.45) is 5.73 Å². The molecule has 3 atom stereocenters. The number of benzene rings is 3. The number of amides is 2. The average molecular weight is 702 g/mol. The SMILES string of the molecule is CC(C)N1C(=O)N(c2ccc(N3CCN(c4ccc(OC[C@H]5OC[C@](Cn6cncn6)(c6ccc(F)cc6F)O5)cc4)CC3)cc2)CC1C(=N)N. The molecule has 15 heteroatoms. The number of amidine groups is 1. The van der Waals surface area contributed by atoms with E-state index in [1.807, 2.05) is 62.4 Å². The first-order chi connectivity index (χ1) is 24.6. The fraction of sp³-hybridized carbons (Fsp3) is 0.389. The molecule has 4 heterocycles. The van der Waals surface area contributed by atoms with Crippen molar-refractivity contribution in [1.82, 2.24) is 19.7 Å². The Bertz CT molecular complexity index is 1840. The zero-order valence-corrected chi connectivity index (χ0v) is 28.5. The maximum atomic E-state index is 14.9. The summed E-state index contributed by atoms with van der Waals surface area (Å²) in [4.78, 5) is 25.1. The number of carbonyl (C=O) groups excluding carboxylic acids is 1. The van der Waals surface area contributed by atoms with Crippen LogP contribution in [0.3, 0.4) is 0 Å². The molecule has 2 amide bonds. The van der Waals surface area contributed by atoms with Gasteiger partial charge in [-0.05, 0) is 68.4 Å². The summed E-state index contributed by atoms with van der Waals surface area (Å²) in [6, 6.07) is 18.6. The van der Waals surface area contributed by atoms with Crippen molar-refractivity contribution in [1.29, 1.82) is 5.41 Å². The molecule has 0 spiro atoms. The molecular formula is C36H41F2N9O4. The summed E-state index contributed by atoms with van der Waals surface area (Å²) in [7, 11) is 0. The standard InChI is InChI=1S/C36H41F2N9O4/c1-24(2)47-32(34(39)40)18-46(35(47)48)28-6-4-26(5-7-28)43-13-15-44(16-14-43)27-8-10-29(11-9-27)49-19-33-50-21-36(51-33,20-45-23-41-22-42-45)30-12-3-25(37)17-31(30)38/h3-12,17,22-24,32-33H,13-16,18-21H2,1-2H3,(H3,39,40)/t32?,33-,36+/m0/s1. The van der Waals surface area contributed by atoms with Crippen LogP contribution in [0.5, 0.6) is 5.75 Å². The third-order valence-electron chi connectivity index (χ3n) is 9.62. The summed E-state index contributed by atoms with van der Waals surface area (Å²) in [5.41, 5.74) is 7.69. The van der Waals surface area contributed by atoms with E-state index in [0.29, 0.717) is 12.3 Å². The number of nitrogens with zero attached hydrogens (tertiary/aromatic N) is 7. The number of ether oxygens (including phenoxy) is 3. The monoisotopic (exact) mass is 701 g/mol. The number of nitrogens with one attached hydrogen (secondary N) is 1. The van der Waals surface area contributed by atoms with Crippen LogP contribution in [0.1, 0.15) is 19.4 Å². The number of carbonyl (C=O) groups is 1. The van der Waals surface area contributed by atoms with Gasteiger partial charge in [-0.25, -0.2) is 23.2 Å². The van der Waals surface area contributed by atoms with Gasteiger partial charge in [-0.2, -0.15) is 5.10 Å². The normalized spacial score (nSPS) is 22.3. The summed E-state index contributed by atoms with van der Waals surface area (Å²) >= 11 is 0. The minimum Gasteiger partial charge on any atom is -0.488 e. The molecule has 3 aliphatic rings. The van der Waals surface area contributed by atoms with Crippen LogP contribution in [0.2, 0.25) is 0 Å². The highest BCUT2D eigenvalue weighted by Crippen LogP contribution is 2.37. The predicted octanol–water partition coefficient (Wildman–Crippen LogP) is 4.19.